The Hall–Kier alpha value is -3.51. The highest BCUT2D eigenvalue weighted by Crippen LogP contribution is 2.44. The van der Waals surface area contributed by atoms with E-state index in [4.69, 9.17) is 14.2 Å². The molecule has 2 N–H and O–H groups in total. The van der Waals surface area contributed by atoms with Crippen LogP contribution in [0.4, 0.5) is 4.79 Å². The molecule has 0 heterocycles. The Bertz CT molecular complexity index is 1040. The lowest BCUT2D eigenvalue weighted by molar-refractivity contribution is 0.127. The van der Waals surface area contributed by atoms with Gasteiger partial charge in [0, 0.05) is 11.5 Å². The zero-order chi connectivity index (χ0) is 21.8. The van der Waals surface area contributed by atoms with Crippen LogP contribution in [0.5, 0.6) is 11.5 Å². The van der Waals surface area contributed by atoms with Gasteiger partial charge in [0.15, 0.2) is 0 Å². The SMILES string of the molecule is COc1ccc(OC)c(C(O)CNC(=O)OCC2c3ccccc3-c3ccccc32)c1. The number of benzene rings is 3. The number of aliphatic hydroxyl groups is 1. The number of ether oxygens (including phenoxy) is 3. The van der Waals surface area contributed by atoms with Gasteiger partial charge in [0.05, 0.1) is 20.8 Å². The van der Waals surface area contributed by atoms with Gasteiger partial charge in [-0.2, -0.15) is 0 Å². The molecule has 0 fully saturated rings. The summed E-state index contributed by atoms with van der Waals surface area (Å²) in [6, 6.07) is 21.5. The van der Waals surface area contributed by atoms with E-state index in [1.54, 1.807) is 25.3 Å². The van der Waals surface area contributed by atoms with Gasteiger partial charge in [0.1, 0.15) is 24.2 Å². The number of methoxy groups -OCH3 is 2. The predicted octanol–water partition coefficient (Wildman–Crippen LogP) is 4.28. The fourth-order valence-corrected chi connectivity index (χ4v) is 4.04. The van der Waals surface area contributed by atoms with Crippen molar-refractivity contribution in [2.24, 2.45) is 0 Å². The third kappa shape index (κ3) is 4.20. The number of alkyl carbamates (subject to hydrolysis) is 1. The molecule has 1 amide bonds. The molecule has 0 saturated carbocycles. The number of aliphatic hydroxyl groups excluding tert-OH is 1. The summed E-state index contributed by atoms with van der Waals surface area (Å²) in [5.74, 6) is 1.10. The van der Waals surface area contributed by atoms with Crippen molar-refractivity contribution in [2.75, 3.05) is 27.4 Å². The molecule has 1 aliphatic rings. The van der Waals surface area contributed by atoms with Gasteiger partial charge in [-0.25, -0.2) is 4.79 Å². The first-order chi connectivity index (χ1) is 15.1. The van der Waals surface area contributed by atoms with E-state index >= 15 is 0 Å². The number of hydrogen-bond acceptors (Lipinski definition) is 5. The number of amides is 1. The molecule has 160 valence electrons. The van der Waals surface area contributed by atoms with Gasteiger partial charge in [-0.05, 0) is 40.5 Å². The molecule has 3 aromatic rings. The van der Waals surface area contributed by atoms with Crippen molar-refractivity contribution in [3.63, 3.8) is 0 Å². The third-order valence-electron chi connectivity index (χ3n) is 5.58. The van der Waals surface area contributed by atoms with Crippen molar-refractivity contribution < 1.29 is 24.1 Å². The minimum absolute atomic E-state index is 0.0125. The average molecular weight is 419 g/mol. The van der Waals surface area contributed by atoms with Crippen molar-refractivity contribution in [1.82, 2.24) is 5.32 Å². The molecular weight excluding hydrogens is 394 g/mol. The predicted molar refractivity (Wildman–Crippen MR) is 118 cm³/mol. The first-order valence-electron chi connectivity index (χ1n) is 10.1. The van der Waals surface area contributed by atoms with Crippen LogP contribution in [0.2, 0.25) is 0 Å². The molecule has 0 saturated heterocycles. The van der Waals surface area contributed by atoms with Gasteiger partial charge >= 0.3 is 6.09 Å². The second-order valence-electron chi connectivity index (χ2n) is 7.33. The number of carbonyl (C=O) groups excluding carboxylic acids is 1. The lowest BCUT2D eigenvalue weighted by atomic mass is 9.98. The van der Waals surface area contributed by atoms with Gasteiger partial charge in [-0.1, -0.05) is 48.5 Å². The summed E-state index contributed by atoms with van der Waals surface area (Å²) in [6.45, 7) is 0.207. The minimum Gasteiger partial charge on any atom is -0.497 e. The van der Waals surface area contributed by atoms with E-state index in [2.05, 4.69) is 29.6 Å². The topological polar surface area (TPSA) is 77.0 Å². The van der Waals surface area contributed by atoms with Crippen LogP contribution >= 0.6 is 0 Å². The van der Waals surface area contributed by atoms with E-state index in [9.17, 15) is 9.90 Å². The van der Waals surface area contributed by atoms with Gasteiger partial charge in [-0.3, -0.25) is 0 Å². The van der Waals surface area contributed by atoms with E-state index < -0.39 is 12.2 Å². The minimum atomic E-state index is -0.967. The van der Waals surface area contributed by atoms with Crippen molar-refractivity contribution >= 4 is 6.09 Å². The average Bonchev–Trinajstić information content (AvgIpc) is 3.14. The molecule has 6 heteroatoms. The second-order valence-corrected chi connectivity index (χ2v) is 7.33. The summed E-state index contributed by atoms with van der Waals surface area (Å²) in [6.07, 6.45) is -1.55. The molecule has 3 aromatic carbocycles. The van der Waals surface area contributed by atoms with Crippen LogP contribution in [-0.4, -0.2) is 38.6 Å². The molecule has 4 rings (SSSR count). The quantitative estimate of drug-likeness (QED) is 0.598. The van der Waals surface area contributed by atoms with Crippen LogP contribution in [0, 0.1) is 0 Å². The lowest BCUT2D eigenvalue weighted by Gasteiger charge is -2.18. The van der Waals surface area contributed by atoms with Crippen LogP contribution in [0.1, 0.15) is 28.7 Å². The Kier molecular flexibility index (Phi) is 6.09. The van der Waals surface area contributed by atoms with Crippen LogP contribution in [-0.2, 0) is 4.74 Å². The lowest BCUT2D eigenvalue weighted by Crippen LogP contribution is -2.30. The molecule has 0 radical (unpaired) electrons. The largest absolute Gasteiger partial charge is 0.497 e. The number of hydrogen-bond donors (Lipinski definition) is 2. The molecule has 1 unspecified atom stereocenters. The maximum Gasteiger partial charge on any atom is 0.407 e. The highest BCUT2D eigenvalue weighted by molar-refractivity contribution is 5.79. The first-order valence-corrected chi connectivity index (χ1v) is 10.1. The summed E-state index contributed by atoms with van der Waals surface area (Å²) in [7, 11) is 3.07. The normalized spacial score (nSPS) is 13.1. The standard InChI is InChI=1S/C25H25NO5/c1-29-16-11-12-24(30-2)21(13-16)23(27)14-26-25(28)31-15-22-19-9-5-3-7-17(19)18-8-4-6-10-20(18)22/h3-13,22-23,27H,14-15H2,1-2H3,(H,26,28). The van der Waals surface area contributed by atoms with Crippen LogP contribution in [0.15, 0.2) is 66.7 Å². The molecule has 6 nitrogen and oxygen atoms in total. The molecule has 0 aliphatic heterocycles. The number of rotatable bonds is 7. The Morgan fingerprint density at radius 1 is 0.968 bits per heavy atom. The highest BCUT2D eigenvalue weighted by atomic mass is 16.5. The van der Waals surface area contributed by atoms with Crippen molar-refractivity contribution in [3.8, 4) is 22.6 Å². The summed E-state index contributed by atoms with van der Waals surface area (Å²) in [5, 5.41) is 13.2. The van der Waals surface area contributed by atoms with Crippen molar-refractivity contribution in [3.05, 3.63) is 83.4 Å². The molecule has 0 bridgehead atoms. The Labute approximate surface area is 181 Å². The molecule has 1 atom stereocenters. The zero-order valence-corrected chi connectivity index (χ0v) is 17.5. The van der Waals surface area contributed by atoms with E-state index in [1.807, 2.05) is 24.3 Å². The van der Waals surface area contributed by atoms with E-state index in [0.717, 1.165) is 11.1 Å². The van der Waals surface area contributed by atoms with Crippen LogP contribution in [0.25, 0.3) is 11.1 Å². The maximum atomic E-state index is 12.3. The molecule has 1 aliphatic carbocycles. The Balaban J connectivity index is 1.38. The van der Waals surface area contributed by atoms with E-state index in [-0.39, 0.29) is 19.1 Å². The number of fused-ring (bicyclic) bond motifs is 3. The summed E-state index contributed by atoms with van der Waals surface area (Å²) >= 11 is 0. The zero-order valence-electron chi connectivity index (χ0n) is 17.5. The summed E-state index contributed by atoms with van der Waals surface area (Å²) in [5.41, 5.74) is 5.18. The second kappa shape index (κ2) is 9.10. The highest BCUT2D eigenvalue weighted by Gasteiger charge is 2.29. The van der Waals surface area contributed by atoms with Crippen molar-refractivity contribution in [2.45, 2.75) is 12.0 Å². The fraction of sp³-hybridized carbons (Fsp3) is 0.240. The van der Waals surface area contributed by atoms with Crippen molar-refractivity contribution in [1.29, 1.82) is 0 Å². The van der Waals surface area contributed by atoms with E-state index in [0.29, 0.717) is 17.1 Å². The first kappa shape index (κ1) is 20.8. The van der Waals surface area contributed by atoms with E-state index in [1.165, 1.54) is 18.2 Å². The molecule has 0 aromatic heterocycles. The summed E-state index contributed by atoms with van der Waals surface area (Å²) in [4.78, 5) is 12.3. The van der Waals surface area contributed by atoms with Gasteiger partial charge in [0.2, 0.25) is 0 Å². The molecule has 31 heavy (non-hydrogen) atoms. The fourth-order valence-electron chi connectivity index (χ4n) is 4.04. The molecule has 0 spiro atoms. The number of nitrogens with one attached hydrogen (secondary N) is 1. The third-order valence-corrected chi connectivity index (χ3v) is 5.58. The van der Waals surface area contributed by atoms with Gasteiger partial charge in [-0.15, -0.1) is 0 Å². The molecular formula is C25H25NO5. The van der Waals surface area contributed by atoms with Crippen LogP contribution in [0.3, 0.4) is 0 Å². The monoisotopic (exact) mass is 419 g/mol. The van der Waals surface area contributed by atoms with Gasteiger partial charge in [0.25, 0.3) is 0 Å². The number of carbonyl (C=O) groups is 1. The van der Waals surface area contributed by atoms with Crippen LogP contribution < -0.4 is 14.8 Å². The van der Waals surface area contributed by atoms with Gasteiger partial charge < -0.3 is 24.6 Å². The summed E-state index contributed by atoms with van der Waals surface area (Å²) < 4.78 is 16.0. The Morgan fingerprint density at radius 2 is 1.61 bits per heavy atom. The Morgan fingerprint density at radius 3 is 2.23 bits per heavy atom. The smallest absolute Gasteiger partial charge is 0.407 e. The maximum absolute atomic E-state index is 12.3.